The molecule has 0 aromatic heterocycles. The van der Waals surface area contributed by atoms with Crippen molar-refractivity contribution in [1.29, 1.82) is 0 Å². The Morgan fingerprint density at radius 1 is 1.70 bits per heavy atom. The second-order valence-corrected chi connectivity index (χ2v) is 2.06. The lowest BCUT2D eigenvalue weighted by molar-refractivity contribution is -0.124. The first-order valence-corrected chi connectivity index (χ1v) is 2.88. The van der Waals surface area contributed by atoms with Gasteiger partial charge in [-0.1, -0.05) is 0 Å². The maximum atomic E-state index is 10.8. The van der Waals surface area contributed by atoms with Crippen LogP contribution in [-0.4, -0.2) is 28.7 Å². The summed E-state index contributed by atoms with van der Waals surface area (Å²) in [6, 6.07) is 0. The van der Waals surface area contributed by atoms with Crippen LogP contribution in [0.25, 0.3) is 0 Å². The number of aliphatic hydroxyl groups is 2. The molecule has 1 heterocycles. The summed E-state index contributed by atoms with van der Waals surface area (Å²) < 4.78 is 4.77. The maximum absolute atomic E-state index is 10.8. The lowest BCUT2D eigenvalue weighted by Crippen LogP contribution is -2.22. The van der Waals surface area contributed by atoms with E-state index in [1.165, 1.54) is 6.92 Å². The monoisotopic (exact) mass is 144 g/mol. The highest BCUT2D eigenvalue weighted by Gasteiger charge is 2.32. The van der Waals surface area contributed by atoms with Crippen LogP contribution in [0.5, 0.6) is 0 Å². The number of carbonyl (C=O) groups is 1. The number of ketones is 1. The average molecular weight is 144 g/mol. The van der Waals surface area contributed by atoms with E-state index in [1.54, 1.807) is 0 Å². The standard InChI is InChI=1S/C6H8O4/c1-3-5(8)6(9)4(2-7)10-3/h4,7-8H,2H2,1H3. The predicted octanol–water partition coefficient (Wildman–Crippen LogP) is -0.264. The summed E-state index contributed by atoms with van der Waals surface area (Å²) in [5.74, 6) is -0.733. The Kier molecular flexibility index (Phi) is 1.63. The molecule has 0 fully saturated rings. The maximum Gasteiger partial charge on any atom is 0.243 e. The fraction of sp³-hybridized carbons (Fsp3) is 0.500. The van der Waals surface area contributed by atoms with Gasteiger partial charge in [-0.3, -0.25) is 4.79 Å². The van der Waals surface area contributed by atoms with Crippen LogP contribution in [0, 0.1) is 0 Å². The largest absolute Gasteiger partial charge is 0.502 e. The third-order valence-electron chi connectivity index (χ3n) is 1.34. The molecule has 4 nitrogen and oxygen atoms in total. The Labute approximate surface area is 57.7 Å². The van der Waals surface area contributed by atoms with Crippen LogP contribution in [0.2, 0.25) is 0 Å². The van der Waals surface area contributed by atoms with Gasteiger partial charge < -0.3 is 14.9 Å². The van der Waals surface area contributed by atoms with Crippen LogP contribution in [0.1, 0.15) is 6.92 Å². The minimum absolute atomic E-state index is 0.184. The van der Waals surface area contributed by atoms with Gasteiger partial charge in [0.2, 0.25) is 11.5 Å². The van der Waals surface area contributed by atoms with Crippen LogP contribution in [0.15, 0.2) is 11.5 Å². The first kappa shape index (κ1) is 7.08. The molecule has 0 spiro atoms. The second kappa shape index (κ2) is 2.30. The van der Waals surface area contributed by atoms with Crippen molar-refractivity contribution >= 4 is 5.78 Å². The summed E-state index contributed by atoms with van der Waals surface area (Å²) >= 11 is 0. The molecule has 0 aliphatic carbocycles. The van der Waals surface area contributed by atoms with Crippen LogP contribution in [0.3, 0.4) is 0 Å². The van der Waals surface area contributed by atoms with Crippen LogP contribution in [0.4, 0.5) is 0 Å². The van der Waals surface area contributed by atoms with Gasteiger partial charge >= 0.3 is 0 Å². The number of allylic oxidation sites excluding steroid dienone is 1. The van der Waals surface area contributed by atoms with Gasteiger partial charge in [-0.05, 0) is 6.92 Å². The van der Waals surface area contributed by atoms with E-state index >= 15 is 0 Å². The van der Waals surface area contributed by atoms with Crippen LogP contribution < -0.4 is 0 Å². The first-order valence-electron chi connectivity index (χ1n) is 2.88. The van der Waals surface area contributed by atoms with E-state index in [2.05, 4.69) is 0 Å². The second-order valence-electron chi connectivity index (χ2n) is 2.06. The Morgan fingerprint density at radius 3 is 2.50 bits per heavy atom. The number of ether oxygens (including phenoxy) is 1. The van der Waals surface area contributed by atoms with Gasteiger partial charge in [0.05, 0.1) is 6.61 Å². The smallest absolute Gasteiger partial charge is 0.243 e. The Morgan fingerprint density at radius 2 is 2.30 bits per heavy atom. The van der Waals surface area contributed by atoms with Crippen molar-refractivity contribution in [2.24, 2.45) is 0 Å². The molecule has 0 bridgehead atoms. The SMILES string of the molecule is CC1=C(O)C(=O)C(CO)O1. The van der Waals surface area contributed by atoms with Crippen LogP contribution in [-0.2, 0) is 9.53 Å². The van der Waals surface area contributed by atoms with Gasteiger partial charge in [-0.25, -0.2) is 0 Å². The minimum Gasteiger partial charge on any atom is -0.502 e. The van der Waals surface area contributed by atoms with Crippen molar-refractivity contribution < 1.29 is 19.7 Å². The summed E-state index contributed by atoms with van der Waals surface area (Å²) in [7, 11) is 0. The fourth-order valence-corrected chi connectivity index (χ4v) is 0.769. The minimum atomic E-state index is -0.889. The highest BCUT2D eigenvalue weighted by Crippen LogP contribution is 2.18. The summed E-state index contributed by atoms with van der Waals surface area (Å²) in [5.41, 5.74) is 0. The third kappa shape index (κ3) is 0.863. The average Bonchev–Trinajstić information content (AvgIpc) is 2.17. The quantitative estimate of drug-likeness (QED) is 0.532. The molecule has 4 heteroatoms. The highest BCUT2D eigenvalue weighted by atomic mass is 16.5. The van der Waals surface area contributed by atoms with Gasteiger partial charge in [-0.2, -0.15) is 0 Å². The molecule has 2 N–H and O–H groups in total. The Bertz CT molecular complexity index is 194. The lowest BCUT2D eigenvalue weighted by Gasteiger charge is -2.03. The Hall–Kier alpha value is -1.03. The summed E-state index contributed by atoms with van der Waals surface area (Å²) in [6.45, 7) is 1.09. The highest BCUT2D eigenvalue weighted by molar-refractivity contribution is 5.99. The molecule has 1 unspecified atom stereocenters. The zero-order valence-electron chi connectivity index (χ0n) is 5.50. The molecule has 1 aliphatic heterocycles. The van der Waals surface area contributed by atoms with Crippen molar-refractivity contribution in [1.82, 2.24) is 0 Å². The van der Waals surface area contributed by atoms with Crippen molar-refractivity contribution in [2.45, 2.75) is 13.0 Å². The van der Waals surface area contributed by atoms with Crippen molar-refractivity contribution in [3.63, 3.8) is 0 Å². The topological polar surface area (TPSA) is 66.8 Å². The van der Waals surface area contributed by atoms with E-state index in [4.69, 9.17) is 14.9 Å². The molecular formula is C6H8O4. The van der Waals surface area contributed by atoms with Crippen molar-refractivity contribution in [3.8, 4) is 0 Å². The van der Waals surface area contributed by atoms with E-state index in [1.807, 2.05) is 0 Å². The molecule has 0 amide bonds. The summed E-state index contributed by atoms with van der Waals surface area (Å²) in [4.78, 5) is 10.8. The molecular weight excluding hydrogens is 136 g/mol. The zero-order valence-corrected chi connectivity index (χ0v) is 5.50. The Balaban J connectivity index is 2.77. The molecule has 0 aromatic carbocycles. The number of carbonyl (C=O) groups excluding carboxylic acids is 1. The lowest BCUT2D eigenvalue weighted by atomic mass is 10.2. The summed E-state index contributed by atoms with van der Waals surface area (Å²) in [6.07, 6.45) is -0.889. The molecule has 1 atom stereocenters. The molecule has 1 rings (SSSR count). The van der Waals surface area contributed by atoms with Gasteiger partial charge in [0, 0.05) is 0 Å². The molecule has 10 heavy (non-hydrogen) atoms. The molecule has 56 valence electrons. The molecule has 0 aromatic rings. The number of hydrogen-bond acceptors (Lipinski definition) is 4. The van der Waals surface area contributed by atoms with E-state index in [9.17, 15) is 4.79 Å². The summed E-state index contributed by atoms with van der Waals surface area (Å²) in [5, 5.41) is 17.4. The number of hydrogen-bond donors (Lipinski definition) is 2. The molecule has 0 saturated carbocycles. The third-order valence-corrected chi connectivity index (χ3v) is 1.34. The number of aliphatic hydroxyl groups excluding tert-OH is 2. The predicted molar refractivity (Wildman–Crippen MR) is 32.3 cm³/mol. The van der Waals surface area contributed by atoms with Gasteiger partial charge in [-0.15, -0.1) is 0 Å². The van der Waals surface area contributed by atoms with E-state index in [0.717, 1.165) is 0 Å². The fourth-order valence-electron chi connectivity index (χ4n) is 0.769. The van der Waals surface area contributed by atoms with Crippen molar-refractivity contribution in [3.05, 3.63) is 11.5 Å². The zero-order chi connectivity index (χ0) is 7.72. The normalized spacial score (nSPS) is 25.4. The first-order chi connectivity index (χ1) is 4.66. The molecule has 0 radical (unpaired) electrons. The van der Waals surface area contributed by atoms with E-state index < -0.39 is 11.9 Å². The number of rotatable bonds is 1. The van der Waals surface area contributed by atoms with Crippen LogP contribution >= 0.6 is 0 Å². The van der Waals surface area contributed by atoms with Gasteiger partial charge in [0.1, 0.15) is 5.76 Å². The molecule has 1 aliphatic rings. The van der Waals surface area contributed by atoms with Crippen molar-refractivity contribution in [2.75, 3.05) is 6.61 Å². The van der Waals surface area contributed by atoms with E-state index in [-0.39, 0.29) is 18.1 Å². The van der Waals surface area contributed by atoms with Gasteiger partial charge in [0.15, 0.2) is 6.10 Å². The van der Waals surface area contributed by atoms with Gasteiger partial charge in [0.25, 0.3) is 0 Å². The number of Topliss-reactive ketones (excluding diaryl/α,β-unsaturated/α-hetero) is 1. The van der Waals surface area contributed by atoms with E-state index in [0.29, 0.717) is 0 Å². The molecule has 0 saturated heterocycles.